The van der Waals surface area contributed by atoms with E-state index in [1.54, 1.807) is 23.1 Å². The van der Waals surface area contributed by atoms with Gasteiger partial charge in [-0.3, -0.25) is 9.69 Å². The number of rotatable bonds is 7. The number of ether oxygens (including phenoxy) is 1. The number of thiophene rings is 1. The zero-order valence-electron chi connectivity index (χ0n) is 17.7. The Morgan fingerprint density at radius 1 is 1.26 bits per heavy atom. The molecule has 0 unspecified atom stereocenters. The van der Waals surface area contributed by atoms with Gasteiger partial charge in [-0.1, -0.05) is 42.5 Å². The van der Waals surface area contributed by atoms with Crippen LogP contribution in [0.4, 0.5) is 9.80 Å². The molecule has 162 valence electrons. The van der Waals surface area contributed by atoms with Crippen LogP contribution in [0.15, 0.2) is 40.2 Å². The second kappa shape index (κ2) is 10.2. The van der Waals surface area contributed by atoms with Crippen LogP contribution in [0.25, 0.3) is 17.2 Å². The molecule has 0 aliphatic carbocycles. The Morgan fingerprint density at radius 3 is 2.55 bits per heavy atom. The maximum Gasteiger partial charge on any atom is 0.341 e. The van der Waals surface area contributed by atoms with Gasteiger partial charge in [0.1, 0.15) is 15.6 Å². The van der Waals surface area contributed by atoms with Crippen LogP contribution in [0.2, 0.25) is 0 Å². The summed E-state index contributed by atoms with van der Waals surface area (Å²) in [5.41, 5.74) is 2.01. The number of benzene rings is 1. The molecule has 0 N–H and O–H groups in total. The van der Waals surface area contributed by atoms with E-state index >= 15 is 0 Å². The van der Waals surface area contributed by atoms with E-state index < -0.39 is 5.97 Å². The van der Waals surface area contributed by atoms with Crippen LogP contribution < -0.4 is 0 Å². The fourth-order valence-electron chi connectivity index (χ4n) is 2.97. The topological polar surface area (TPSA) is 62.2 Å². The van der Waals surface area contributed by atoms with Crippen molar-refractivity contribution in [3.8, 4) is 11.1 Å². The number of aliphatic imine (C=N–C) groups is 1. The highest BCUT2D eigenvalue weighted by molar-refractivity contribution is 8.19. The highest BCUT2D eigenvalue weighted by atomic mass is 32.2. The Labute approximate surface area is 195 Å². The van der Waals surface area contributed by atoms with Crippen LogP contribution in [0.3, 0.4) is 0 Å². The van der Waals surface area contributed by atoms with Gasteiger partial charge in [-0.25, -0.2) is 9.79 Å². The Hall–Kier alpha value is -2.49. The maximum atomic E-state index is 13.0. The van der Waals surface area contributed by atoms with Crippen molar-refractivity contribution in [3.63, 3.8) is 0 Å². The molecule has 6 nitrogen and oxygen atoms in total. The van der Waals surface area contributed by atoms with Crippen LogP contribution in [-0.4, -0.2) is 59.6 Å². The molecule has 0 spiro atoms. The average molecular weight is 474 g/mol. The molecule has 0 saturated carbocycles. The van der Waals surface area contributed by atoms with Crippen molar-refractivity contribution in [2.75, 3.05) is 27.2 Å². The molecule has 1 aliphatic heterocycles. The minimum atomic E-state index is -0.430. The molecule has 3 rings (SSSR count). The Bertz CT molecular complexity index is 1060. The molecule has 1 amide bonds. The molecule has 1 aromatic heterocycles. The summed E-state index contributed by atoms with van der Waals surface area (Å²) in [5, 5.41) is 0.457. The Balaban J connectivity index is 2.24. The van der Waals surface area contributed by atoms with Gasteiger partial charge in [0, 0.05) is 31.1 Å². The highest BCUT2D eigenvalue weighted by Gasteiger charge is 2.32. The lowest BCUT2D eigenvalue weighted by Crippen LogP contribution is -2.26. The summed E-state index contributed by atoms with van der Waals surface area (Å²) in [5.74, 6) is -0.430. The molecule has 0 radical (unpaired) electrons. The first kappa shape index (κ1) is 23.2. The minimum absolute atomic E-state index is 0.0898. The van der Waals surface area contributed by atoms with Crippen LogP contribution >= 0.6 is 35.3 Å². The molecule has 2 heterocycles. The Morgan fingerprint density at radius 2 is 1.97 bits per heavy atom. The fraction of sp³-hybridized carbons (Fsp3) is 0.273. The quantitative estimate of drug-likeness (QED) is 0.170. The van der Waals surface area contributed by atoms with Crippen molar-refractivity contribution in [2.45, 2.75) is 13.8 Å². The summed E-state index contributed by atoms with van der Waals surface area (Å²) in [7, 11) is 3.72. The van der Waals surface area contributed by atoms with E-state index in [0.29, 0.717) is 27.0 Å². The van der Waals surface area contributed by atoms with Crippen molar-refractivity contribution in [2.24, 2.45) is 4.99 Å². The van der Waals surface area contributed by atoms with Gasteiger partial charge in [0.15, 0.2) is 0 Å². The molecule has 1 aliphatic rings. The highest BCUT2D eigenvalue weighted by Crippen LogP contribution is 2.45. The summed E-state index contributed by atoms with van der Waals surface area (Å²) < 4.78 is 5.36. The number of thioether (sulfide) groups is 1. The first-order chi connectivity index (χ1) is 14.9. The number of esters is 1. The fourth-order valence-corrected chi connectivity index (χ4v) is 5.49. The molecule has 1 fully saturated rings. The molecule has 0 atom stereocenters. The number of hydrogen-bond donors (Lipinski definition) is 0. The van der Waals surface area contributed by atoms with Crippen LogP contribution in [-0.2, 0) is 4.74 Å². The largest absolute Gasteiger partial charge is 0.462 e. The molecular weight excluding hydrogens is 450 g/mol. The van der Waals surface area contributed by atoms with E-state index in [-0.39, 0.29) is 11.8 Å². The average Bonchev–Trinajstić information content (AvgIpc) is 3.23. The third kappa shape index (κ3) is 5.06. The van der Waals surface area contributed by atoms with Gasteiger partial charge in [0.25, 0.3) is 5.24 Å². The van der Waals surface area contributed by atoms with Crippen molar-refractivity contribution < 1.29 is 14.3 Å². The number of amides is 1. The van der Waals surface area contributed by atoms with E-state index in [9.17, 15) is 9.59 Å². The van der Waals surface area contributed by atoms with Crippen LogP contribution in [0.5, 0.6) is 0 Å². The molecule has 9 heteroatoms. The van der Waals surface area contributed by atoms with E-state index in [1.807, 2.05) is 57.4 Å². The lowest BCUT2D eigenvalue weighted by atomic mass is 10.0. The van der Waals surface area contributed by atoms with Gasteiger partial charge in [0.05, 0.1) is 17.9 Å². The molecule has 1 aromatic carbocycles. The van der Waals surface area contributed by atoms with Gasteiger partial charge in [0.2, 0.25) is 0 Å². The third-order valence-corrected chi connectivity index (χ3v) is 6.86. The van der Waals surface area contributed by atoms with Crippen molar-refractivity contribution in [3.05, 3.63) is 45.7 Å². The first-order valence-electron chi connectivity index (χ1n) is 9.72. The zero-order chi connectivity index (χ0) is 22.5. The lowest BCUT2D eigenvalue weighted by Gasteiger charge is -2.10. The van der Waals surface area contributed by atoms with E-state index in [2.05, 4.69) is 4.99 Å². The predicted octanol–water partition coefficient (Wildman–Crippen LogP) is 5.67. The molecule has 0 bridgehead atoms. The van der Waals surface area contributed by atoms with E-state index in [1.165, 1.54) is 11.3 Å². The number of carbonyl (C=O) groups is 2. The second-order valence-electron chi connectivity index (χ2n) is 6.74. The molecular formula is C22H23N3O3S3. The summed E-state index contributed by atoms with van der Waals surface area (Å²) in [4.78, 5) is 35.1. The number of nitrogens with zero attached hydrogens (tertiary/aromatic N) is 3. The second-order valence-corrected chi connectivity index (χ2v) is 9.15. The summed E-state index contributed by atoms with van der Waals surface area (Å²) >= 11 is 7.99. The first-order valence-corrected chi connectivity index (χ1v) is 11.8. The molecule has 1 saturated heterocycles. The van der Waals surface area contributed by atoms with Gasteiger partial charge in [-0.15, -0.1) is 11.3 Å². The van der Waals surface area contributed by atoms with Crippen molar-refractivity contribution in [1.82, 2.24) is 9.80 Å². The van der Waals surface area contributed by atoms with Gasteiger partial charge >= 0.3 is 5.97 Å². The minimum Gasteiger partial charge on any atom is -0.462 e. The lowest BCUT2D eigenvalue weighted by molar-refractivity contribution is 0.0529. The summed E-state index contributed by atoms with van der Waals surface area (Å²) in [6.45, 7) is 4.44. The third-order valence-electron chi connectivity index (χ3n) is 4.32. The monoisotopic (exact) mass is 473 g/mol. The SMILES string of the molecule is CCOC(=O)c1c(/N=C/N(C)C)sc(/C=C2\SC(=O)N(CC)C2=S)c1-c1ccccc1. The van der Waals surface area contributed by atoms with Gasteiger partial charge in [-0.05, 0) is 37.2 Å². The normalized spacial score (nSPS) is 15.4. The Kier molecular flexibility index (Phi) is 7.64. The van der Waals surface area contributed by atoms with Crippen molar-refractivity contribution in [1.29, 1.82) is 0 Å². The van der Waals surface area contributed by atoms with Crippen LogP contribution in [0.1, 0.15) is 29.1 Å². The van der Waals surface area contributed by atoms with Crippen molar-refractivity contribution >= 4 is 68.9 Å². The van der Waals surface area contributed by atoms with E-state index in [0.717, 1.165) is 27.8 Å². The van der Waals surface area contributed by atoms with Gasteiger partial charge < -0.3 is 9.64 Å². The summed E-state index contributed by atoms with van der Waals surface area (Å²) in [6, 6.07) is 9.63. The van der Waals surface area contributed by atoms with Crippen LogP contribution in [0, 0.1) is 0 Å². The number of carbonyl (C=O) groups excluding carboxylic acids is 2. The zero-order valence-corrected chi connectivity index (χ0v) is 20.2. The number of hydrogen-bond acceptors (Lipinski definition) is 7. The van der Waals surface area contributed by atoms with E-state index in [4.69, 9.17) is 17.0 Å². The molecule has 31 heavy (non-hydrogen) atoms. The maximum absolute atomic E-state index is 13.0. The summed E-state index contributed by atoms with van der Waals surface area (Å²) in [6.07, 6.45) is 3.53. The van der Waals surface area contributed by atoms with Gasteiger partial charge in [-0.2, -0.15) is 0 Å². The number of likely N-dealkylation sites (N-methyl/N-ethyl adjacent to an activating group) is 1. The standard InChI is InChI=1S/C22H23N3O3S3/c1-5-25-20(29)16(31-22(25)27)12-15-17(14-10-8-7-9-11-14)18(21(26)28-6-2)19(30-15)23-13-24(3)4/h7-13H,5-6H2,1-4H3/b16-12-,23-13+. The molecule has 2 aromatic rings. The predicted molar refractivity (Wildman–Crippen MR) is 133 cm³/mol. The smallest absolute Gasteiger partial charge is 0.341 e. The number of thiocarbonyl (C=S) groups is 1.